The molecule has 0 saturated heterocycles. The number of aliphatic hydroxyl groups is 1. The van der Waals surface area contributed by atoms with E-state index in [2.05, 4.69) is 5.32 Å². The molecule has 4 nitrogen and oxygen atoms in total. The second-order valence-electron chi connectivity index (χ2n) is 5.37. The molecule has 1 heterocycles. The first kappa shape index (κ1) is 15.4. The predicted molar refractivity (Wildman–Crippen MR) is 74.7 cm³/mol. The molecule has 0 fully saturated rings. The van der Waals surface area contributed by atoms with Gasteiger partial charge in [-0.3, -0.25) is 0 Å². The third-order valence-corrected chi connectivity index (χ3v) is 5.51. The van der Waals surface area contributed by atoms with Gasteiger partial charge in [0, 0.05) is 12.6 Å². The van der Waals surface area contributed by atoms with Crippen molar-refractivity contribution < 1.29 is 17.9 Å². The molecule has 0 spiro atoms. The van der Waals surface area contributed by atoms with Crippen LogP contribution in [0, 0.1) is 11.7 Å². The molecular weight excluding hydrogens is 281 g/mol. The Morgan fingerprint density at radius 3 is 2.95 bits per heavy atom. The van der Waals surface area contributed by atoms with Crippen molar-refractivity contribution in [3.05, 3.63) is 29.6 Å². The van der Waals surface area contributed by atoms with E-state index in [0.29, 0.717) is 24.9 Å². The predicted octanol–water partition coefficient (Wildman–Crippen LogP) is 1.65. The van der Waals surface area contributed by atoms with Crippen molar-refractivity contribution in [2.45, 2.75) is 30.7 Å². The van der Waals surface area contributed by atoms with E-state index in [0.717, 1.165) is 0 Å². The quantitative estimate of drug-likeness (QED) is 0.812. The molecule has 112 valence electrons. The van der Waals surface area contributed by atoms with Crippen LogP contribution in [-0.4, -0.2) is 32.4 Å². The number of hydrogen-bond acceptors (Lipinski definition) is 4. The van der Waals surface area contributed by atoms with Gasteiger partial charge in [-0.05, 0) is 49.1 Å². The van der Waals surface area contributed by atoms with Gasteiger partial charge in [0.05, 0.1) is 10.6 Å². The Balaban J connectivity index is 2.19. The molecule has 2 rings (SSSR count). The van der Waals surface area contributed by atoms with Crippen molar-refractivity contribution in [1.82, 2.24) is 5.32 Å². The summed E-state index contributed by atoms with van der Waals surface area (Å²) in [6.07, 6.45) is 1.14. The molecule has 0 saturated carbocycles. The molecule has 1 aliphatic heterocycles. The zero-order valence-corrected chi connectivity index (χ0v) is 12.3. The van der Waals surface area contributed by atoms with Crippen molar-refractivity contribution in [2.24, 2.45) is 5.92 Å². The fourth-order valence-electron chi connectivity index (χ4n) is 2.49. The van der Waals surface area contributed by atoms with Gasteiger partial charge in [-0.2, -0.15) is 0 Å². The van der Waals surface area contributed by atoms with Gasteiger partial charge in [-0.25, -0.2) is 12.8 Å². The van der Waals surface area contributed by atoms with E-state index in [9.17, 15) is 12.8 Å². The number of halogens is 1. The van der Waals surface area contributed by atoms with Crippen LogP contribution in [0.15, 0.2) is 23.1 Å². The van der Waals surface area contributed by atoms with E-state index >= 15 is 0 Å². The Bertz CT molecular complexity index is 574. The summed E-state index contributed by atoms with van der Waals surface area (Å²) < 4.78 is 37.4. The average Bonchev–Trinajstić information content (AvgIpc) is 2.38. The normalized spacial score (nSPS) is 22.2. The van der Waals surface area contributed by atoms with Crippen molar-refractivity contribution in [2.75, 3.05) is 18.9 Å². The summed E-state index contributed by atoms with van der Waals surface area (Å²) in [4.78, 5) is 0.234. The second kappa shape index (κ2) is 6.20. The number of hydrogen-bond donors (Lipinski definition) is 2. The molecule has 2 atom stereocenters. The fourth-order valence-corrected chi connectivity index (χ4v) is 4.09. The largest absolute Gasteiger partial charge is 0.396 e. The minimum absolute atomic E-state index is 0.0810. The van der Waals surface area contributed by atoms with E-state index in [1.165, 1.54) is 18.2 Å². The molecule has 1 aromatic carbocycles. The number of sulfone groups is 1. The SMILES string of the molecule is CC(CCO)CNC1CCS(=O)(=O)c2ccc(F)cc21. The standard InChI is InChI=1S/C14H20FNO3S/c1-10(4-6-17)9-16-13-5-7-20(18,19)14-3-2-11(15)8-12(13)14/h2-3,8,10,13,16-17H,4-7,9H2,1H3. The lowest BCUT2D eigenvalue weighted by molar-refractivity contribution is 0.257. The first-order valence-corrected chi connectivity index (χ1v) is 8.45. The van der Waals surface area contributed by atoms with Crippen LogP contribution in [0.4, 0.5) is 4.39 Å². The van der Waals surface area contributed by atoms with Gasteiger partial charge in [-0.15, -0.1) is 0 Å². The van der Waals surface area contributed by atoms with Crippen LogP contribution >= 0.6 is 0 Å². The highest BCUT2D eigenvalue weighted by Crippen LogP contribution is 2.32. The van der Waals surface area contributed by atoms with Crippen molar-refractivity contribution in [3.63, 3.8) is 0 Å². The molecule has 6 heteroatoms. The van der Waals surface area contributed by atoms with Gasteiger partial charge in [-0.1, -0.05) is 6.92 Å². The lowest BCUT2D eigenvalue weighted by Crippen LogP contribution is -2.32. The molecule has 0 radical (unpaired) electrons. The third-order valence-electron chi connectivity index (χ3n) is 3.69. The maximum absolute atomic E-state index is 13.4. The van der Waals surface area contributed by atoms with E-state index < -0.39 is 15.7 Å². The maximum Gasteiger partial charge on any atom is 0.178 e. The number of nitrogens with one attached hydrogen (secondary N) is 1. The molecule has 1 aliphatic rings. The molecule has 0 aliphatic carbocycles. The summed E-state index contributed by atoms with van der Waals surface area (Å²) >= 11 is 0. The highest BCUT2D eigenvalue weighted by Gasteiger charge is 2.30. The van der Waals surface area contributed by atoms with Crippen LogP contribution in [-0.2, 0) is 9.84 Å². The van der Waals surface area contributed by atoms with Crippen molar-refractivity contribution in [1.29, 1.82) is 0 Å². The Morgan fingerprint density at radius 2 is 2.25 bits per heavy atom. The van der Waals surface area contributed by atoms with Crippen molar-refractivity contribution >= 4 is 9.84 Å². The van der Waals surface area contributed by atoms with E-state index in [1.807, 2.05) is 6.92 Å². The smallest absolute Gasteiger partial charge is 0.178 e. The molecule has 0 bridgehead atoms. The summed E-state index contributed by atoms with van der Waals surface area (Å²) in [5.74, 6) is -0.0517. The van der Waals surface area contributed by atoms with Crippen LogP contribution in [0.25, 0.3) is 0 Å². The Labute approximate surface area is 118 Å². The van der Waals surface area contributed by atoms with E-state index in [1.54, 1.807) is 0 Å². The molecule has 1 aromatic rings. The maximum atomic E-state index is 13.4. The minimum atomic E-state index is -3.29. The fraction of sp³-hybridized carbons (Fsp3) is 0.571. The monoisotopic (exact) mass is 301 g/mol. The van der Waals surface area contributed by atoms with Gasteiger partial charge in [0.25, 0.3) is 0 Å². The van der Waals surface area contributed by atoms with Gasteiger partial charge >= 0.3 is 0 Å². The van der Waals surface area contributed by atoms with Crippen LogP contribution in [0.3, 0.4) is 0 Å². The minimum Gasteiger partial charge on any atom is -0.396 e. The highest BCUT2D eigenvalue weighted by atomic mass is 32.2. The van der Waals surface area contributed by atoms with Gasteiger partial charge in [0.1, 0.15) is 5.82 Å². The summed E-state index contributed by atoms with van der Waals surface area (Å²) in [6, 6.07) is 3.70. The molecular formula is C14H20FNO3S. The molecule has 0 aromatic heterocycles. The Morgan fingerprint density at radius 1 is 1.50 bits per heavy atom. The van der Waals surface area contributed by atoms with E-state index in [4.69, 9.17) is 5.11 Å². The highest BCUT2D eigenvalue weighted by molar-refractivity contribution is 7.91. The van der Waals surface area contributed by atoms with Gasteiger partial charge in [0.15, 0.2) is 9.84 Å². The second-order valence-corrected chi connectivity index (χ2v) is 7.45. The molecule has 0 amide bonds. The summed E-state index contributed by atoms with van der Waals surface area (Å²) in [6.45, 7) is 2.81. The van der Waals surface area contributed by atoms with Crippen LogP contribution < -0.4 is 5.32 Å². The van der Waals surface area contributed by atoms with Gasteiger partial charge in [0.2, 0.25) is 0 Å². The summed E-state index contributed by atoms with van der Waals surface area (Å²) in [5, 5.41) is 12.2. The summed E-state index contributed by atoms with van der Waals surface area (Å²) in [5.41, 5.74) is 0.521. The lowest BCUT2D eigenvalue weighted by atomic mass is 10.0. The number of benzene rings is 1. The van der Waals surface area contributed by atoms with Crippen LogP contribution in [0.5, 0.6) is 0 Å². The van der Waals surface area contributed by atoms with Crippen LogP contribution in [0.1, 0.15) is 31.4 Å². The third kappa shape index (κ3) is 3.37. The lowest BCUT2D eigenvalue weighted by Gasteiger charge is -2.27. The van der Waals surface area contributed by atoms with Gasteiger partial charge < -0.3 is 10.4 Å². The first-order valence-electron chi connectivity index (χ1n) is 6.80. The molecule has 20 heavy (non-hydrogen) atoms. The Hall–Kier alpha value is -0.980. The number of aliphatic hydroxyl groups excluding tert-OH is 1. The van der Waals surface area contributed by atoms with Crippen molar-refractivity contribution in [3.8, 4) is 0 Å². The number of fused-ring (bicyclic) bond motifs is 1. The first-order chi connectivity index (χ1) is 9.44. The zero-order valence-electron chi connectivity index (χ0n) is 11.5. The Kier molecular flexibility index (Phi) is 4.78. The molecule has 2 unspecified atom stereocenters. The molecule has 2 N–H and O–H groups in total. The van der Waals surface area contributed by atoms with E-state index in [-0.39, 0.29) is 29.2 Å². The summed E-state index contributed by atoms with van der Waals surface area (Å²) in [7, 11) is -3.29. The topological polar surface area (TPSA) is 66.4 Å². The van der Waals surface area contributed by atoms with Crippen LogP contribution in [0.2, 0.25) is 0 Å². The average molecular weight is 301 g/mol. The number of rotatable bonds is 5. The zero-order chi connectivity index (χ0) is 14.8.